The molecule has 1 aliphatic rings. The van der Waals surface area contributed by atoms with Gasteiger partial charge in [-0.3, -0.25) is 0 Å². The predicted octanol–water partition coefficient (Wildman–Crippen LogP) is 2.88. The fourth-order valence-corrected chi connectivity index (χ4v) is 1.97. The highest BCUT2D eigenvalue weighted by Crippen LogP contribution is 2.38. The quantitative estimate of drug-likeness (QED) is 0.287. The summed E-state index contributed by atoms with van der Waals surface area (Å²) in [7, 11) is 0. The maximum atomic E-state index is 12.6. The zero-order valence-electron chi connectivity index (χ0n) is 13.2. The molecular formula is C15H20F2IN3O3. The lowest BCUT2D eigenvalue weighted by Gasteiger charge is -2.12. The van der Waals surface area contributed by atoms with Crippen LogP contribution in [0.3, 0.4) is 0 Å². The van der Waals surface area contributed by atoms with Gasteiger partial charge in [-0.2, -0.15) is 8.78 Å². The van der Waals surface area contributed by atoms with Gasteiger partial charge >= 0.3 is 6.61 Å². The van der Waals surface area contributed by atoms with Gasteiger partial charge in [0.05, 0.1) is 6.54 Å². The average Bonchev–Trinajstić information content (AvgIpc) is 2.96. The Morgan fingerprint density at radius 3 is 2.71 bits per heavy atom. The molecule has 9 heteroatoms. The van der Waals surface area contributed by atoms with E-state index >= 15 is 0 Å². The highest BCUT2D eigenvalue weighted by Gasteiger charge is 2.20. The van der Waals surface area contributed by atoms with Crippen LogP contribution >= 0.6 is 24.0 Å². The Hall–Kier alpha value is -1.78. The maximum Gasteiger partial charge on any atom is 0.387 e. The molecule has 24 heavy (non-hydrogen) atoms. The number of hydrogen-bond acceptors (Lipinski definition) is 4. The number of alkyl halides is 2. The smallest absolute Gasteiger partial charge is 0.387 e. The second-order valence-electron chi connectivity index (χ2n) is 4.56. The van der Waals surface area contributed by atoms with Crippen molar-refractivity contribution in [3.63, 3.8) is 0 Å². The summed E-state index contributed by atoms with van der Waals surface area (Å²) in [5, 5.41) is 6.08. The monoisotopic (exact) mass is 455 g/mol. The standard InChI is InChI=1S/C15H19F2N3O3.HI/c1-3-5-19-15(18-4-2)20-8-10-6-12-13(22-9-21-12)7-11(10)23-14(16)17;/h3,6-7,14H,1,4-5,8-9H2,2H3,(H2,18,19,20);1H. The lowest BCUT2D eigenvalue weighted by atomic mass is 10.1. The zero-order valence-corrected chi connectivity index (χ0v) is 15.5. The lowest BCUT2D eigenvalue weighted by molar-refractivity contribution is -0.0505. The molecule has 2 N–H and O–H groups in total. The van der Waals surface area contributed by atoms with E-state index in [4.69, 9.17) is 9.47 Å². The van der Waals surface area contributed by atoms with Crippen LogP contribution < -0.4 is 24.8 Å². The Labute approximate surface area is 156 Å². The van der Waals surface area contributed by atoms with Crippen molar-refractivity contribution >= 4 is 29.9 Å². The van der Waals surface area contributed by atoms with Crippen molar-refractivity contribution < 1.29 is 23.0 Å². The van der Waals surface area contributed by atoms with Crippen LogP contribution in [-0.4, -0.2) is 32.5 Å². The summed E-state index contributed by atoms with van der Waals surface area (Å²) in [6.07, 6.45) is 1.69. The first-order valence-electron chi connectivity index (χ1n) is 7.14. The average molecular weight is 455 g/mol. The molecule has 0 atom stereocenters. The van der Waals surface area contributed by atoms with Crippen molar-refractivity contribution in [3.05, 3.63) is 30.4 Å². The van der Waals surface area contributed by atoms with E-state index in [1.807, 2.05) is 6.92 Å². The Balaban J connectivity index is 0.00000288. The molecule has 0 saturated carbocycles. The van der Waals surface area contributed by atoms with Gasteiger partial charge in [0, 0.05) is 24.7 Å². The summed E-state index contributed by atoms with van der Waals surface area (Å²) in [6.45, 7) is 4.03. The van der Waals surface area contributed by atoms with E-state index in [2.05, 4.69) is 26.9 Å². The zero-order chi connectivity index (χ0) is 16.7. The molecule has 1 heterocycles. The number of benzene rings is 1. The first kappa shape index (κ1) is 20.3. The lowest BCUT2D eigenvalue weighted by Crippen LogP contribution is -2.37. The largest absolute Gasteiger partial charge is 0.454 e. The van der Waals surface area contributed by atoms with E-state index in [1.54, 1.807) is 12.1 Å². The van der Waals surface area contributed by atoms with Crippen molar-refractivity contribution in [2.45, 2.75) is 20.1 Å². The number of halogens is 3. The van der Waals surface area contributed by atoms with Crippen LogP contribution in [0.4, 0.5) is 8.78 Å². The van der Waals surface area contributed by atoms with Gasteiger partial charge in [-0.25, -0.2) is 4.99 Å². The molecule has 0 fully saturated rings. The van der Waals surface area contributed by atoms with Crippen molar-refractivity contribution in [3.8, 4) is 17.2 Å². The van der Waals surface area contributed by atoms with E-state index < -0.39 is 6.61 Å². The summed E-state index contributed by atoms with van der Waals surface area (Å²) in [4.78, 5) is 4.34. The molecular weight excluding hydrogens is 435 g/mol. The van der Waals surface area contributed by atoms with Gasteiger partial charge in [0.2, 0.25) is 6.79 Å². The van der Waals surface area contributed by atoms with Gasteiger partial charge < -0.3 is 24.8 Å². The number of ether oxygens (including phenoxy) is 3. The molecule has 6 nitrogen and oxygen atoms in total. The van der Waals surface area contributed by atoms with Crippen molar-refractivity contribution in [2.24, 2.45) is 4.99 Å². The molecule has 1 aromatic carbocycles. The Morgan fingerprint density at radius 2 is 2.08 bits per heavy atom. The third-order valence-corrected chi connectivity index (χ3v) is 2.94. The van der Waals surface area contributed by atoms with E-state index in [1.165, 1.54) is 6.07 Å². The van der Waals surface area contributed by atoms with Crippen LogP contribution in [0.25, 0.3) is 0 Å². The Bertz CT molecular complexity index is 585. The molecule has 0 amide bonds. The maximum absolute atomic E-state index is 12.6. The highest BCUT2D eigenvalue weighted by molar-refractivity contribution is 14.0. The van der Waals surface area contributed by atoms with Crippen LogP contribution in [0.5, 0.6) is 17.2 Å². The van der Waals surface area contributed by atoms with Crippen LogP contribution in [0, 0.1) is 0 Å². The first-order chi connectivity index (χ1) is 11.1. The van der Waals surface area contributed by atoms with Crippen LogP contribution in [0.2, 0.25) is 0 Å². The molecule has 134 valence electrons. The summed E-state index contributed by atoms with van der Waals surface area (Å²) in [5.74, 6) is 1.44. The molecule has 0 aromatic heterocycles. The fraction of sp³-hybridized carbons (Fsp3) is 0.400. The van der Waals surface area contributed by atoms with Crippen molar-refractivity contribution in [1.29, 1.82) is 0 Å². The van der Waals surface area contributed by atoms with Gasteiger partial charge in [-0.1, -0.05) is 6.08 Å². The van der Waals surface area contributed by atoms with E-state index in [0.717, 1.165) is 0 Å². The van der Waals surface area contributed by atoms with Gasteiger partial charge in [0.15, 0.2) is 17.5 Å². The normalized spacial score (nSPS) is 12.6. The fourth-order valence-electron chi connectivity index (χ4n) is 1.97. The first-order valence-corrected chi connectivity index (χ1v) is 7.14. The van der Waals surface area contributed by atoms with Gasteiger partial charge in [0.1, 0.15) is 5.75 Å². The molecule has 2 rings (SSSR count). The minimum Gasteiger partial charge on any atom is -0.454 e. The van der Waals surface area contributed by atoms with Gasteiger partial charge in [0.25, 0.3) is 0 Å². The van der Waals surface area contributed by atoms with Crippen LogP contribution in [0.15, 0.2) is 29.8 Å². The van der Waals surface area contributed by atoms with Crippen LogP contribution in [0.1, 0.15) is 12.5 Å². The molecule has 1 aromatic rings. The minimum absolute atomic E-state index is 0. The SMILES string of the molecule is C=CCNC(=NCc1cc2c(cc1OC(F)F)OCO2)NCC.I. The number of rotatable bonds is 7. The van der Waals surface area contributed by atoms with Gasteiger partial charge in [-0.15, -0.1) is 30.6 Å². The summed E-state index contributed by atoms with van der Waals surface area (Å²) in [6, 6.07) is 2.99. The number of aliphatic imine (C=N–C) groups is 1. The second kappa shape index (κ2) is 10.2. The topological polar surface area (TPSA) is 64.1 Å². The van der Waals surface area contributed by atoms with Crippen LogP contribution in [-0.2, 0) is 6.54 Å². The minimum atomic E-state index is -2.93. The molecule has 0 aliphatic carbocycles. The van der Waals surface area contributed by atoms with Gasteiger partial charge in [-0.05, 0) is 13.0 Å². The number of nitrogens with one attached hydrogen (secondary N) is 2. The molecule has 0 spiro atoms. The summed E-state index contributed by atoms with van der Waals surface area (Å²) >= 11 is 0. The second-order valence-corrected chi connectivity index (χ2v) is 4.56. The highest BCUT2D eigenvalue weighted by atomic mass is 127. The van der Waals surface area contributed by atoms with E-state index in [9.17, 15) is 8.78 Å². The van der Waals surface area contributed by atoms with E-state index in [-0.39, 0.29) is 43.1 Å². The molecule has 0 saturated heterocycles. The number of nitrogens with zero attached hydrogens (tertiary/aromatic N) is 1. The number of hydrogen-bond donors (Lipinski definition) is 2. The number of guanidine groups is 1. The third kappa shape index (κ3) is 5.69. The van der Waals surface area contributed by atoms with Crippen molar-refractivity contribution in [2.75, 3.05) is 19.9 Å². The number of fused-ring (bicyclic) bond motifs is 1. The van der Waals surface area contributed by atoms with E-state index in [0.29, 0.717) is 36.1 Å². The van der Waals surface area contributed by atoms with Crippen molar-refractivity contribution in [1.82, 2.24) is 10.6 Å². The molecule has 0 bridgehead atoms. The molecule has 0 radical (unpaired) electrons. The summed E-state index contributed by atoms with van der Waals surface area (Å²) < 4.78 is 40.1. The molecule has 0 unspecified atom stereocenters. The Kier molecular flexibility index (Phi) is 8.58. The predicted molar refractivity (Wildman–Crippen MR) is 97.6 cm³/mol. The summed E-state index contributed by atoms with van der Waals surface area (Å²) in [5.41, 5.74) is 0.477. The Morgan fingerprint density at radius 1 is 1.38 bits per heavy atom. The third-order valence-electron chi connectivity index (χ3n) is 2.94. The molecule has 1 aliphatic heterocycles.